The van der Waals surface area contributed by atoms with E-state index in [2.05, 4.69) is 10.3 Å². The van der Waals surface area contributed by atoms with Gasteiger partial charge in [-0.3, -0.25) is 0 Å². The van der Waals surface area contributed by atoms with Crippen molar-refractivity contribution < 1.29 is 14.7 Å². The van der Waals surface area contributed by atoms with E-state index < -0.39 is 5.41 Å². The zero-order valence-electron chi connectivity index (χ0n) is 7.89. The topological polar surface area (TPSA) is 93.6 Å². The standard InChI is InChI=1S/C7H15NO3.H3N/c1-7(2,3)6(10)11-8-4-5-9;/h8-9H,4-5H2,1-3H3;1H3. The summed E-state index contributed by atoms with van der Waals surface area (Å²) in [6.45, 7) is 5.50. The van der Waals surface area contributed by atoms with E-state index in [1.54, 1.807) is 20.8 Å². The Kier molecular flexibility index (Phi) is 6.88. The van der Waals surface area contributed by atoms with Crippen LogP contribution in [0.1, 0.15) is 20.8 Å². The van der Waals surface area contributed by atoms with Gasteiger partial charge < -0.3 is 16.1 Å². The number of rotatable bonds is 3. The minimum absolute atomic E-state index is 0. The Morgan fingerprint density at radius 3 is 2.33 bits per heavy atom. The molecular weight excluding hydrogens is 160 g/mol. The molecule has 0 saturated heterocycles. The third kappa shape index (κ3) is 6.09. The summed E-state index contributed by atoms with van der Waals surface area (Å²) in [7, 11) is 0. The lowest BCUT2D eigenvalue weighted by Gasteiger charge is -2.15. The van der Waals surface area contributed by atoms with Gasteiger partial charge in [-0.1, -0.05) is 0 Å². The van der Waals surface area contributed by atoms with E-state index in [-0.39, 0.29) is 25.3 Å². The molecule has 0 bridgehead atoms. The normalized spacial score (nSPS) is 10.3. The molecule has 0 rings (SSSR count). The summed E-state index contributed by atoms with van der Waals surface area (Å²) in [6.07, 6.45) is 0. The van der Waals surface area contributed by atoms with E-state index in [9.17, 15) is 4.79 Å². The van der Waals surface area contributed by atoms with E-state index in [1.807, 2.05) is 0 Å². The van der Waals surface area contributed by atoms with E-state index >= 15 is 0 Å². The average molecular weight is 178 g/mol. The van der Waals surface area contributed by atoms with Crippen LogP contribution in [0.5, 0.6) is 0 Å². The molecule has 5 heteroatoms. The summed E-state index contributed by atoms with van der Waals surface area (Å²) >= 11 is 0. The molecule has 0 aromatic carbocycles. The van der Waals surface area contributed by atoms with Crippen molar-refractivity contribution in [1.82, 2.24) is 11.6 Å². The molecule has 0 radical (unpaired) electrons. The summed E-state index contributed by atoms with van der Waals surface area (Å²) in [6, 6.07) is 0. The zero-order valence-corrected chi connectivity index (χ0v) is 7.89. The Hall–Kier alpha value is -0.650. The maximum Gasteiger partial charge on any atom is 0.329 e. The summed E-state index contributed by atoms with van der Waals surface area (Å²) in [5.74, 6) is -0.328. The predicted molar refractivity (Wildman–Crippen MR) is 45.7 cm³/mol. The fraction of sp³-hybridized carbons (Fsp3) is 0.857. The van der Waals surface area contributed by atoms with Crippen molar-refractivity contribution >= 4 is 5.97 Å². The van der Waals surface area contributed by atoms with Crippen LogP contribution >= 0.6 is 0 Å². The van der Waals surface area contributed by atoms with Gasteiger partial charge >= 0.3 is 5.97 Å². The van der Waals surface area contributed by atoms with Gasteiger partial charge in [0.2, 0.25) is 0 Å². The number of hydroxylamine groups is 1. The highest BCUT2D eigenvalue weighted by atomic mass is 16.7. The average Bonchev–Trinajstić information content (AvgIpc) is 1.86. The molecule has 12 heavy (non-hydrogen) atoms. The Balaban J connectivity index is 0. The Labute approximate surface area is 72.6 Å². The van der Waals surface area contributed by atoms with Crippen LogP contribution in [0.15, 0.2) is 0 Å². The number of aliphatic hydroxyl groups excluding tert-OH is 1. The second-order valence-electron chi connectivity index (χ2n) is 3.26. The van der Waals surface area contributed by atoms with Gasteiger partial charge in [0, 0.05) is 0 Å². The van der Waals surface area contributed by atoms with Gasteiger partial charge in [0.1, 0.15) is 0 Å². The molecule has 0 saturated carbocycles. The number of aliphatic hydroxyl groups is 1. The molecule has 5 N–H and O–H groups in total. The van der Waals surface area contributed by atoms with Crippen molar-refractivity contribution in [3.05, 3.63) is 0 Å². The van der Waals surface area contributed by atoms with Gasteiger partial charge in [-0.2, -0.15) is 5.48 Å². The van der Waals surface area contributed by atoms with Crippen molar-refractivity contribution in [3.63, 3.8) is 0 Å². The van der Waals surface area contributed by atoms with Crippen LogP contribution in [0.3, 0.4) is 0 Å². The first-order valence-electron chi connectivity index (χ1n) is 3.53. The summed E-state index contributed by atoms with van der Waals surface area (Å²) in [4.78, 5) is 15.6. The van der Waals surface area contributed by atoms with Crippen LogP contribution < -0.4 is 11.6 Å². The molecule has 0 spiro atoms. The highest BCUT2D eigenvalue weighted by Gasteiger charge is 2.22. The van der Waals surface area contributed by atoms with Crippen molar-refractivity contribution in [3.8, 4) is 0 Å². The number of hydrogen-bond donors (Lipinski definition) is 3. The van der Waals surface area contributed by atoms with Crippen LogP contribution in [0.25, 0.3) is 0 Å². The highest BCUT2D eigenvalue weighted by Crippen LogP contribution is 2.13. The molecular formula is C7H18N2O3. The lowest BCUT2D eigenvalue weighted by Crippen LogP contribution is -2.30. The summed E-state index contributed by atoms with van der Waals surface area (Å²) in [5, 5.41) is 8.33. The van der Waals surface area contributed by atoms with E-state index in [0.29, 0.717) is 0 Å². The number of carbonyl (C=O) groups excluding carboxylic acids is 1. The van der Waals surface area contributed by atoms with E-state index in [4.69, 9.17) is 5.11 Å². The molecule has 5 nitrogen and oxygen atoms in total. The SMILES string of the molecule is CC(C)(C)C(=O)ONCCO.N. The minimum Gasteiger partial charge on any atom is -0.395 e. The monoisotopic (exact) mass is 178 g/mol. The molecule has 0 aliphatic heterocycles. The highest BCUT2D eigenvalue weighted by molar-refractivity contribution is 5.75. The lowest BCUT2D eigenvalue weighted by atomic mass is 9.98. The second kappa shape index (κ2) is 5.93. The predicted octanol–water partition coefficient (Wildman–Crippen LogP) is 0.235. The number of hydrogen-bond acceptors (Lipinski definition) is 5. The van der Waals surface area contributed by atoms with Gasteiger partial charge in [-0.25, -0.2) is 4.79 Å². The Morgan fingerprint density at radius 2 is 2.00 bits per heavy atom. The molecule has 0 unspecified atom stereocenters. The fourth-order valence-electron chi connectivity index (χ4n) is 0.315. The Morgan fingerprint density at radius 1 is 1.50 bits per heavy atom. The third-order valence-corrected chi connectivity index (χ3v) is 0.991. The first-order valence-corrected chi connectivity index (χ1v) is 3.53. The van der Waals surface area contributed by atoms with Crippen molar-refractivity contribution in [2.24, 2.45) is 5.41 Å². The van der Waals surface area contributed by atoms with Gasteiger partial charge in [-0.05, 0) is 20.8 Å². The van der Waals surface area contributed by atoms with Gasteiger partial charge in [0.05, 0.1) is 18.6 Å². The molecule has 0 aromatic rings. The maximum absolute atomic E-state index is 11.0. The molecule has 74 valence electrons. The molecule has 0 atom stereocenters. The fourth-order valence-corrected chi connectivity index (χ4v) is 0.315. The maximum atomic E-state index is 11.0. The van der Waals surface area contributed by atoms with Crippen molar-refractivity contribution in [2.45, 2.75) is 20.8 Å². The first-order chi connectivity index (χ1) is 4.98. The van der Waals surface area contributed by atoms with Crippen LogP contribution in [0, 0.1) is 5.41 Å². The molecule has 0 aliphatic rings. The van der Waals surface area contributed by atoms with Crippen LogP contribution in [-0.4, -0.2) is 24.2 Å². The molecule has 0 fully saturated rings. The quantitative estimate of drug-likeness (QED) is 0.425. The van der Waals surface area contributed by atoms with Crippen LogP contribution in [0.4, 0.5) is 0 Å². The van der Waals surface area contributed by atoms with Gasteiger partial charge in [-0.15, -0.1) is 0 Å². The summed E-state index contributed by atoms with van der Waals surface area (Å²) < 4.78 is 0. The van der Waals surface area contributed by atoms with E-state index in [1.165, 1.54) is 0 Å². The smallest absolute Gasteiger partial charge is 0.329 e. The van der Waals surface area contributed by atoms with E-state index in [0.717, 1.165) is 0 Å². The van der Waals surface area contributed by atoms with Gasteiger partial charge in [0.25, 0.3) is 0 Å². The molecule has 0 heterocycles. The van der Waals surface area contributed by atoms with Crippen molar-refractivity contribution in [2.75, 3.05) is 13.2 Å². The summed E-state index contributed by atoms with van der Waals surface area (Å²) in [5.41, 5.74) is 1.84. The van der Waals surface area contributed by atoms with Crippen molar-refractivity contribution in [1.29, 1.82) is 0 Å². The third-order valence-electron chi connectivity index (χ3n) is 0.991. The number of carbonyl (C=O) groups is 1. The minimum atomic E-state index is -0.498. The molecule has 0 aromatic heterocycles. The molecule has 0 amide bonds. The van der Waals surface area contributed by atoms with Crippen LogP contribution in [-0.2, 0) is 9.63 Å². The van der Waals surface area contributed by atoms with Gasteiger partial charge in [0.15, 0.2) is 0 Å². The lowest BCUT2D eigenvalue weighted by molar-refractivity contribution is -0.161. The zero-order chi connectivity index (χ0) is 8.91. The second-order valence-corrected chi connectivity index (χ2v) is 3.26. The number of nitrogens with one attached hydrogen (secondary N) is 1. The van der Waals surface area contributed by atoms with Crippen LogP contribution in [0.2, 0.25) is 0 Å². The first kappa shape index (κ1) is 13.9. The largest absolute Gasteiger partial charge is 0.395 e. The molecule has 0 aliphatic carbocycles. The Bertz CT molecular complexity index is 131.